The second-order valence-electron chi connectivity index (χ2n) is 7.03. The molecule has 1 heterocycles. The number of amides is 2. The Balaban J connectivity index is 1.81. The normalized spacial score (nSPS) is 15.0. The van der Waals surface area contributed by atoms with Crippen LogP contribution in [0, 0.1) is 5.92 Å². The quantitative estimate of drug-likeness (QED) is 0.345. The van der Waals surface area contributed by atoms with Crippen molar-refractivity contribution in [1.82, 2.24) is 20.9 Å². The molecule has 8 heteroatoms. The molecule has 29 heavy (non-hydrogen) atoms. The van der Waals surface area contributed by atoms with Crippen molar-refractivity contribution in [3.05, 3.63) is 29.8 Å². The number of carbonyl (C=O) groups excluding carboxylic acids is 2. The Labute approximate surface area is 173 Å². The molecule has 3 N–H and O–H groups in total. The Bertz CT molecular complexity index is 699. The summed E-state index contributed by atoms with van der Waals surface area (Å²) in [5.41, 5.74) is 0.568. The zero-order valence-corrected chi connectivity index (χ0v) is 17.7. The standard InChI is InChI=1S/C21H33N5O3/c1-4-23-21(26-12-8-16(9-13-26)14-19(27)22-2)25-11-10-24-20(28)17-6-5-7-18(15-17)29-3/h5-7,15-16H,4,8-14H2,1-3H3,(H,22,27)(H,23,25)(H,24,28). The fourth-order valence-corrected chi connectivity index (χ4v) is 3.34. The van der Waals surface area contributed by atoms with Crippen molar-refractivity contribution in [3.8, 4) is 5.75 Å². The first-order valence-corrected chi connectivity index (χ1v) is 10.2. The molecule has 1 aliphatic rings. The summed E-state index contributed by atoms with van der Waals surface area (Å²) in [5.74, 6) is 1.91. The molecule has 0 radical (unpaired) electrons. The van der Waals surface area contributed by atoms with E-state index in [9.17, 15) is 9.59 Å². The number of nitrogens with one attached hydrogen (secondary N) is 3. The SMILES string of the molecule is CCNC(=NCCNC(=O)c1cccc(OC)c1)N1CCC(CC(=O)NC)CC1. The smallest absolute Gasteiger partial charge is 0.251 e. The van der Waals surface area contributed by atoms with Gasteiger partial charge in [0.15, 0.2) is 5.96 Å². The average Bonchev–Trinajstić information content (AvgIpc) is 2.76. The number of hydrogen-bond donors (Lipinski definition) is 3. The van der Waals surface area contributed by atoms with Crippen LogP contribution in [0.2, 0.25) is 0 Å². The summed E-state index contributed by atoms with van der Waals surface area (Å²) < 4.78 is 5.15. The van der Waals surface area contributed by atoms with Crippen LogP contribution in [0.3, 0.4) is 0 Å². The van der Waals surface area contributed by atoms with E-state index in [0.717, 1.165) is 38.4 Å². The van der Waals surface area contributed by atoms with Gasteiger partial charge in [-0.2, -0.15) is 0 Å². The number of benzene rings is 1. The first-order valence-electron chi connectivity index (χ1n) is 10.2. The molecular formula is C21H33N5O3. The Hall–Kier alpha value is -2.77. The van der Waals surface area contributed by atoms with Crippen molar-refractivity contribution >= 4 is 17.8 Å². The van der Waals surface area contributed by atoms with E-state index in [-0.39, 0.29) is 11.8 Å². The summed E-state index contributed by atoms with van der Waals surface area (Å²) in [7, 11) is 3.26. The highest BCUT2D eigenvalue weighted by Gasteiger charge is 2.23. The number of aliphatic imine (C=N–C) groups is 1. The minimum Gasteiger partial charge on any atom is -0.497 e. The van der Waals surface area contributed by atoms with E-state index in [1.165, 1.54) is 0 Å². The highest BCUT2D eigenvalue weighted by atomic mass is 16.5. The number of methoxy groups -OCH3 is 1. The van der Waals surface area contributed by atoms with Gasteiger partial charge in [0.1, 0.15) is 5.75 Å². The highest BCUT2D eigenvalue weighted by Crippen LogP contribution is 2.20. The Kier molecular flexibility index (Phi) is 9.27. The predicted molar refractivity (Wildman–Crippen MR) is 114 cm³/mol. The number of piperidine rings is 1. The van der Waals surface area contributed by atoms with Gasteiger partial charge in [0.25, 0.3) is 5.91 Å². The van der Waals surface area contributed by atoms with Gasteiger partial charge in [-0.25, -0.2) is 0 Å². The molecule has 2 rings (SSSR count). The fourth-order valence-electron chi connectivity index (χ4n) is 3.34. The number of hydrogen-bond acceptors (Lipinski definition) is 4. The van der Waals surface area contributed by atoms with Crippen LogP contribution >= 0.6 is 0 Å². The zero-order chi connectivity index (χ0) is 21.1. The van der Waals surface area contributed by atoms with Crippen molar-refractivity contribution in [3.63, 3.8) is 0 Å². The number of guanidine groups is 1. The zero-order valence-electron chi connectivity index (χ0n) is 17.7. The average molecular weight is 404 g/mol. The van der Waals surface area contributed by atoms with Crippen LogP contribution in [0.4, 0.5) is 0 Å². The number of rotatable bonds is 8. The van der Waals surface area contributed by atoms with Crippen LogP contribution in [0.1, 0.15) is 36.5 Å². The summed E-state index contributed by atoms with van der Waals surface area (Å²) in [6.07, 6.45) is 2.54. The molecule has 1 saturated heterocycles. The second-order valence-corrected chi connectivity index (χ2v) is 7.03. The number of carbonyl (C=O) groups is 2. The highest BCUT2D eigenvalue weighted by molar-refractivity contribution is 5.94. The lowest BCUT2D eigenvalue weighted by Gasteiger charge is -2.34. The Morgan fingerprint density at radius 3 is 2.66 bits per heavy atom. The molecule has 0 bridgehead atoms. The minimum absolute atomic E-state index is 0.107. The molecule has 2 amide bonds. The van der Waals surface area contributed by atoms with Gasteiger partial charge in [-0.1, -0.05) is 6.07 Å². The van der Waals surface area contributed by atoms with Crippen LogP contribution < -0.4 is 20.7 Å². The van der Waals surface area contributed by atoms with Gasteiger partial charge >= 0.3 is 0 Å². The third-order valence-electron chi connectivity index (χ3n) is 4.99. The number of nitrogens with zero attached hydrogens (tertiary/aromatic N) is 2. The maximum Gasteiger partial charge on any atom is 0.251 e. The summed E-state index contributed by atoms with van der Waals surface area (Å²) in [6.45, 7) is 5.53. The molecule has 0 unspecified atom stereocenters. The molecule has 0 aliphatic carbocycles. The third-order valence-corrected chi connectivity index (χ3v) is 4.99. The van der Waals surface area contributed by atoms with Gasteiger partial charge in [0.05, 0.1) is 13.7 Å². The molecule has 8 nitrogen and oxygen atoms in total. The van der Waals surface area contributed by atoms with Crippen molar-refractivity contribution in [2.75, 3.05) is 46.9 Å². The van der Waals surface area contributed by atoms with E-state index in [2.05, 4.69) is 25.8 Å². The van der Waals surface area contributed by atoms with E-state index in [0.29, 0.717) is 36.7 Å². The minimum atomic E-state index is -0.140. The van der Waals surface area contributed by atoms with Gasteiger partial charge in [0.2, 0.25) is 5.91 Å². The fraction of sp³-hybridized carbons (Fsp3) is 0.571. The largest absolute Gasteiger partial charge is 0.497 e. The van der Waals surface area contributed by atoms with Crippen LogP contribution in [-0.4, -0.2) is 69.6 Å². The van der Waals surface area contributed by atoms with E-state index in [1.807, 2.05) is 13.0 Å². The lowest BCUT2D eigenvalue weighted by Crippen LogP contribution is -2.46. The van der Waals surface area contributed by atoms with Crippen LogP contribution in [0.25, 0.3) is 0 Å². The maximum atomic E-state index is 12.3. The number of likely N-dealkylation sites (tertiary alicyclic amines) is 1. The molecule has 0 atom stereocenters. The van der Waals surface area contributed by atoms with E-state index >= 15 is 0 Å². The topological polar surface area (TPSA) is 95.1 Å². The van der Waals surface area contributed by atoms with E-state index < -0.39 is 0 Å². The molecule has 1 aromatic rings. The summed E-state index contributed by atoms with van der Waals surface area (Å²) in [4.78, 5) is 30.7. The van der Waals surface area contributed by atoms with Crippen LogP contribution in [-0.2, 0) is 4.79 Å². The van der Waals surface area contributed by atoms with Gasteiger partial charge in [-0.05, 0) is 43.9 Å². The lowest BCUT2D eigenvalue weighted by atomic mass is 9.93. The van der Waals surface area contributed by atoms with E-state index in [4.69, 9.17) is 4.74 Å². The summed E-state index contributed by atoms with van der Waals surface area (Å²) in [5, 5.41) is 8.91. The molecule has 160 valence electrons. The first-order chi connectivity index (χ1) is 14.1. The summed E-state index contributed by atoms with van der Waals surface area (Å²) >= 11 is 0. The van der Waals surface area contributed by atoms with Gasteiger partial charge < -0.3 is 25.6 Å². The lowest BCUT2D eigenvalue weighted by molar-refractivity contribution is -0.121. The van der Waals surface area contributed by atoms with E-state index in [1.54, 1.807) is 32.4 Å². The monoisotopic (exact) mass is 403 g/mol. The summed E-state index contributed by atoms with van der Waals surface area (Å²) in [6, 6.07) is 7.07. The first kappa shape index (κ1) is 22.5. The molecule has 0 aromatic heterocycles. The third kappa shape index (κ3) is 7.29. The Morgan fingerprint density at radius 2 is 2.00 bits per heavy atom. The number of ether oxygens (including phenoxy) is 1. The second kappa shape index (κ2) is 11.9. The Morgan fingerprint density at radius 1 is 1.24 bits per heavy atom. The predicted octanol–water partition coefficient (Wildman–Crippen LogP) is 1.24. The van der Waals surface area contributed by atoms with Gasteiger partial charge in [-0.3, -0.25) is 14.6 Å². The maximum absolute atomic E-state index is 12.3. The van der Waals surface area contributed by atoms with Gasteiger partial charge in [0, 0.05) is 45.2 Å². The van der Waals surface area contributed by atoms with Crippen molar-refractivity contribution < 1.29 is 14.3 Å². The van der Waals surface area contributed by atoms with Crippen LogP contribution in [0.15, 0.2) is 29.3 Å². The van der Waals surface area contributed by atoms with Crippen molar-refractivity contribution in [1.29, 1.82) is 0 Å². The molecule has 1 fully saturated rings. The van der Waals surface area contributed by atoms with Crippen LogP contribution in [0.5, 0.6) is 5.75 Å². The molecule has 0 saturated carbocycles. The molecular weight excluding hydrogens is 370 g/mol. The van der Waals surface area contributed by atoms with Gasteiger partial charge in [-0.15, -0.1) is 0 Å². The molecule has 1 aliphatic heterocycles. The molecule has 1 aromatic carbocycles. The van der Waals surface area contributed by atoms with Crippen molar-refractivity contribution in [2.45, 2.75) is 26.2 Å². The van der Waals surface area contributed by atoms with Crippen molar-refractivity contribution in [2.24, 2.45) is 10.9 Å². The molecule has 0 spiro atoms.